The number of ether oxygens (including phenoxy) is 4. The molecule has 0 saturated heterocycles. The fourth-order valence-corrected chi connectivity index (χ4v) is 4.40. The highest BCUT2D eigenvalue weighted by atomic mass is 16.6. The van der Waals surface area contributed by atoms with Crippen LogP contribution in [0.4, 0.5) is 5.69 Å². The number of benzene rings is 1. The number of hydrogen-bond donors (Lipinski definition) is 2. The number of carbonyl (C=O) groups excluding carboxylic acids is 5. The highest BCUT2D eigenvalue weighted by Crippen LogP contribution is 2.54. The van der Waals surface area contributed by atoms with E-state index < -0.39 is 65.1 Å². The molecule has 2 aliphatic rings. The lowest BCUT2D eigenvalue weighted by Crippen LogP contribution is -2.52. The first-order valence-corrected chi connectivity index (χ1v) is 11.3. The van der Waals surface area contributed by atoms with Crippen LogP contribution in [0.2, 0.25) is 0 Å². The van der Waals surface area contributed by atoms with Crippen molar-refractivity contribution in [2.24, 2.45) is 11.5 Å². The Labute approximate surface area is 206 Å². The maximum absolute atomic E-state index is 14.2. The molecule has 0 aliphatic carbocycles. The summed E-state index contributed by atoms with van der Waals surface area (Å²) in [6.45, 7) is 3.98. The number of primary amides is 1. The number of amides is 2. The van der Waals surface area contributed by atoms with Crippen LogP contribution in [0.3, 0.4) is 0 Å². The molecule has 2 heterocycles. The molecule has 12 heteroatoms. The first-order valence-electron chi connectivity index (χ1n) is 11.3. The Hall–Kier alpha value is -4.35. The van der Waals surface area contributed by atoms with Gasteiger partial charge in [0.25, 0.3) is 0 Å². The van der Waals surface area contributed by atoms with Crippen LogP contribution in [0.25, 0.3) is 0 Å². The second kappa shape index (κ2) is 10.5. The van der Waals surface area contributed by atoms with Crippen LogP contribution in [-0.2, 0) is 48.3 Å². The van der Waals surface area contributed by atoms with E-state index in [1.165, 1.54) is 12.1 Å². The van der Waals surface area contributed by atoms with Gasteiger partial charge in [-0.1, -0.05) is 18.2 Å². The van der Waals surface area contributed by atoms with Gasteiger partial charge in [0.2, 0.25) is 17.7 Å². The van der Waals surface area contributed by atoms with Crippen LogP contribution in [0.1, 0.15) is 32.8 Å². The number of nitrogens with zero attached hydrogens (tertiary/aromatic N) is 1. The topological polar surface area (TPSA) is 178 Å². The summed E-state index contributed by atoms with van der Waals surface area (Å²) >= 11 is 0. The molecule has 1 aromatic rings. The molecule has 12 nitrogen and oxygen atoms in total. The molecule has 192 valence electrons. The van der Waals surface area contributed by atoms with E-state index >= 15 is 0 Å². The first kappa shape index (κ1) is 26.3. The second-order valence-electron chi connectivity index (χ2n) is 7.69. The maximum atomic E-state index is 14.2. The molecule has 0 unspecified atom stereocenters. The van der Waals surface area contributed by atoms with Crippen molar-refractivity contribution >= 4 is 35.4 Å². The largest absolute Gasteiger partial charge is 0.466 e. The Morgan fingerprint density at radius 2 is 1.53 bits per heavy atom. The lowest BCUT2D eigenvalue weighted by Gasteiger charge is -2.36. The van der Waals surface area contributed by atoms with Gasteiger partial charge in [0, 0.05) is 11.3 Å². The van der Waals surface area contributed by atoms with Crippen molar-refractivity contribution in [2.45, 2.75) is 32.6 Å². The van der Waals surface area contributed by atoms with E-state index in [4.69, 9.17) is 30.4 Å². The van der Waals surface area contributed by atoms with Crippen molar-refractivity contribution in [3.63, 3.8) is 0 Å². The average molecular weight is 501 g/mol. The number of fused-ring (bicyclic) bond motifs is 2. The Morgan fingerprint density at radius 3 is 2.11 bits per heavy atom. The molecule has 2 aliphatic heterocycles. The van der Waals surface area contributed by atoms with Gasteiger partial charge in [-0.15, -0.1) is 0 Å². The van der Waals surface area contributed by atoms with Gasteiger partial charge >= 0.3 is 17.9 Å². The minimum atomic E-state index is -2.24. The summed E-state index contributed by atoms with van der Waals surface area (Å²) in [5, 5.41) is 0. The zero-order valence-corrected chi connectivity index (χ0v) is 20.1. The van der Waals surface area contributed by atoms with E-state index in [-0.39, 0.29) is 36.8 Å². The predicted octanol–water partition coefficient (Wildman–Crippen LogP) is 0.290. The van der Waals surface area contributed by atoms with Crippen LogP contribution < -0.4 is 16.4 Å². The SMILES string of the molecule is CCOC(=O)CC1=C(C(=O)OCC)[C@@]2(C(=O)N(CC(N)=O)c3ccccc32)C(C(=O)OCC)=C(N)O1. The molecule has 2 amide bonds. The highest BCUT2D eigenvalue weighted by Gasteiger charge is 2.64. The van der Waals surface area contributed by atoms with E-state index in [0.29, 0.717) is 0 Å². The number of esters is 3. The van der Waals surface area contributed by atoms with Gasteiger partial charge in [-0.25, -0.2) is 9.59 Å². The second-order valence-corrected chi connectivity index (χ2v) is 7.69. The summed E-state index contributed by atoms with van der Waals surface area (Å²) in [5.41, 5.74) is 8.73. The third-order valence-corrected chi connectivity index (χ3v) is 5.56. The molecule has 0 bridgehead atoms. The lowest BCUT2D eigenvalue weighted by molar-refractivity contribution is -0.144. The maximum Gasteiger partial charge on any atom is 0.341 e. The number of para-hydroxylation sites is 1. The minimum Gasteiger partial charge on any atom is -0.466 e. The summed E-state index contributed by atoms with van der Waals surface area (Å²) in [5.74, 6) is -5.45. The van der Waals surface area contributed by atoms with Gasteiger partial charge in [-0.3, -0.25) is 14.4 Å². The summed E-state index contributed by atoms with van der Waals surface area (Å²) in [6.07, 6.45) is -0.591. The fourth-order valence-electron chi connectivity index (χ4n) is 4.40. The third kappa shape index (κ3) is 4.25. The molecule has 0 aromatic heterocycles. The van der Waals surface area contributed by atoms with Crippen molar-refractivity contribution < 1.29 is 42.9 Å². The van der Waals surface area contributed by atoms with Gasteiger partial charge in [-0.2, -0.15) is 0 Å². The van der Waals surface area contributed by atoms with E-state index in [1.807, 2.05) is 0 Å². The molecule has 36 heavy (non-hydrogen) atoms. The standard InChI is InChI=1S/C24H27N3O9/c1-4-33-17(29)11-15-18(21(30)34-5-2)24(19(20(26)36-15)22(31)35-6-3)13-9-7-8-10-14(13)27(23(24)32)12-16(25)28/h7-10H,4-6,11-12,26H2,1-3H3,(H2,25,28)/t24-/m1/s1. The molecule has 3 rings (SSSR count). The predicted molar refractivity (Wildman–Crippen MR) is 124 cm³/mol. The minimum absolute atomic E-state index is 0.0412. The summed E-state index contributed by atoms with van der Waals surface area (Å²) in [6, 6.07) is 6.19. The normalized spacial score (nSPS) is 18.6. The molecule has 4 N–H and O–H groups in total. The Bertz CT molecular complexity index is 1190. The number of nitrogens with two attached hydrogens (primary N) is 2. The van der Waals surface area contributed by atoms with Gasteiger partial charge in [0.15, 0.2) is 0 Å². The van der Waals surface area contributed by atoms with Gasteiger partial charge in [0.05, 0.1) is 19.8 Å². The fraction of sp³-hybridized carbons (Fsp3) is 0.375. The molecule has 0 fully saturated rings. The van der Waals surface area contributed by atoms with Crippen LogP contribution >= 0.6 is 0 Å². The molecule has 0 radical (unpaired) electrons. The first-order chi connectivity index (χ1) is 17.1. The van der Waals surface area contributed by atoms with E-state index in [2.05, 4.69) is 0 Å². The smallest absolute Gasteiger partial charge is 0.341 e. The van der Waals surface area contributed by atoms with Crippen LogP contribution in [0, 0.1) is 0 Å². The number of hydrogen-bond acceptors (Lipinski definition) is 10. The van der Waals surface area contributed by atoms with Crippen molar-refractivity contribution in [3.05, 3.63) is 52.6 Å². The molecule has 1 aromatic carbocycles. The highest BCUT2D eigenvalue weighted by molar-refractivity contribution is 6.23. The number of rotatable bonds is 9. The monoisotopic (exact) mass is 501 g/mol. The average Bonchev–Trinajstić information content (AvgIpc) is 3.02. The molecule has 0 saturated carbocycles. The number of carbonyl (C=O) groups is 5. The van der Waals surface area contributed by atoms with Crippen molar-refractivity contribution in [1.82, 2.24) is 0 Å². The van der Waals surface area contributed by atoms with Crippen LogP contribution in [0.15, 0.2) is 47.1 Å². The van der Waals surface area contributed by atoms with Gasteiger partial charge < -0.3 is 35.3 Å². The number of anilines is 1. The summed E-state index contributed by atoms with van der Waals surface area (Å²) in [4.78, 5) is 66.2. The van der Waals surface area contributed by atoms with Gasteiger partial charge in [-0.05, 0) is 26.8 Å². The van der Waals surface area contributed by atoms with Crippen LogP contribution in [0.5, 0.6) is 0 Å². The molecular formula is C24H27N3O9. The quantitative estimate of drug-likeness (QED) is 0.353. The summed E-state index contributed by atoms with van der Waals surface area (Å²) < 4.78 is 21.0. The Kier molecular flexibility index (Phi) is 7.66. The van der Waals surface area contributed by atoms with E-state index in [1.54, 1.807) is 32.9 Å². The molecule has 1 spiro atoms. The van der Waals surface area contributed by atoms with Crippen molar-refractivity contribution in [3.8, 4) is 0 Å². The van der Waals surface area contributed by atoms with Crippen molar-refractivity contribution in [2.75, 3.05) is 31.3 Å². The molecular weight excluding hydrogens is 474 g/mol. The third-order valence-electron chi connectivity index (χ3n) is 5.56. The van der Waals surface area contributed by atoms with Crippen molar-refractivity contribution in [1.29, 1.82) is 0 Å². The zero-order chi connectivity index (χ0) is 26.6. The summed E-state index contributed by atoms with van der Waals surface area (Å²) in [7, 11) is 0. The van der Waals surface area contributed by atoms with E-state index in [0.717, 1.165) is 4.90 Å². The molecule has 1 atom stereocenters. The van der Waals surface area contributed by atoms with E-state index in [9.17, 15) is 24.0 Å². The Morgan fingerprint density at radius 1 is 0.944 bits per heavy atom. The van der Waals surface area contributed by atoms with Crippen LogP contribution in [-0.4, -0.2) is 56.1 Å². The lowest BCUT2D eigenvalue weighted by atomic mass is 9.67. The van der Waals surface area contributed by atoms with Gasteiger partial charge in [0.1, 0.15) is 35.3 Å². The Balaban J connectivity index is 2.44. The zero-order valence-electron chi connectivity index (χ0n) is 20.1.